The molecule has 162 valence electrons. The maximum absolute atomic E-state index is 12.7. The van der Waals surface area contributed by atoms with E-state index in [4.69, 9.17) is 5.14 Å². The molecule has 1 saturated carbocycles. The van der Waals surface area contributed by atoms with Crippen molar-refractivity contribution in [3.63, 3.8) is 0 Å². The first-order valence-corrected chi connectivity index (χ1v) is 12.3. The zero-order valence-corrected chi connectivity index (χ0v) is 18.6. The number of carbonyl (C=O) groups is 1. The second-order valence-electron chi connectivity index (χ2n) is 7.51. The standard InChI is InChI=1S/C21H23N5O3S2/c1-14(20(27)23-17-9-11-18(12-10-17)31(22,28)29)30-21-25-24-19(16-7-8-16)26(21)13-15-5-3-2-4-6-15/h2-6,9-12,14,16H,7-8,13H2,1H3,(H,23,27)(H2,22,28,29)/t14-/m1/s1. The van der Waals surface area contributed by atoms with Crippen LogP contribution < -0.4 is 10.5 Å². The topological polar surface area (TPSA) is 120 Å². The summed E-state index contributed by atoms with van der Waals surface area (Å²) in [6.45, 7) is 2.46. The van der Waals surface area contributed by atoms with Gasteiger partial charge in [0.15, 0.2) is 5.16 Å². The summed E-state index contributed by atoms with van der Waals surface area (Å²) in [5.74, 6) is 1.19. The number of nitrogens with zero attached hydrogens (tertiary/aromatic N) is 3. The molecule has 3 aromatic rings. The summed E-state index contributed by atoms with van der Waals surface area (Å²) in [7, 11) is -3.77. The van der Waals surface area contributed by atoms with Crippen LogP contribution in [0.4, 0.5) is 5.69 Å². The van der Waals surface area contributed by atoms with Crippen LogP contribution in [0.25, 0.3) is 0 Å². The number of rotatable bonds is 8. The molecule has 4 rings (SSSR count). The lowest BCUT2D eigenvalue weighted by Gasteiger charge is -2.14. The van der Waals surface area contributed by atoms with Crippen molar-refractivity contribution in [3.8, 4) is 0 Å². The smallest absolute Gasteiger partial charge is 0.238 e. The Bertz CT molecular complexity index is 1170. The first-order valence-electron chi connectivity index (χ1n) is 9.88. The van der Waals surface area contributed by atoms with Gasteiger partial charge in [-0.15, -0.1) is 10.2 Å². The van der Waals surface area contributed by atoms with Crippen LogP contribution in [0.3, 0.4) is 0 Å². The number of carbonyl (C=O) groups excluding carboxylic acids is 1. The third kappa shape index (κ3) is 5.33. The van der Waals surface area contributed by atoms with Gasteiger partial charge >= 0.3 is 0 Å². The Hall–Kier alpha value is -2.69. The highest BCUT2D eigenvalue weighted by atomic mass is 32.2. The number of anilines is 1. The molecule has 0 radical (unpaired) electrons. The van der Waals surface area contributed by atoms with Crippen molar-refractivity contribution in [2.45, 2.75) is 47.5 Å². The van der Waals surface area contributed by atoms with E-state index in [-0.39, 0.29) is 10.8 Å². The Morgan fingerprint density at radius 2 is 1.84 bits per heavy atom. The van der Waals surface area contributed by atoms with E-state index in [0.717, 1.165) is 24.2 Å². The minimum absolute atomic E-state index is 0.00505. The van der Waals surface area contributed by atoms with Gasteiger partial charge in [0.05, 0.1) is 16.7 Å². The van der Waals surface area contributed by atoms with E-state index in [1.165, 1.54) is 36.0 Å². The molecule has 3 N–H and O–H groups in total. The van der Waals surface area contributed by atoms with E-state index < -0.39 is 15.3 Å². The molecular weight excluding hydrogens is 434 g/mol. The van der Waals surface area contributed by atoms with Crippen LogP contribution in [0, 0.1) is 0 Å². The van der Waals surface area contributed by atoms with Gasteiger partial charge in [-0.3, -0.25) is 4.79 Å². The van der Waals surface area contributed by atoms with E-state index in [1.54, 1.807) is 6.92 Å². The van der Waals surface area contributed by atoms with Crippen LogP contribution >= 0.6 is 11.8 Å². The molecule has 1 amide bonds. The zero-order valence-electron chi connectivity index (χ0n) is 16.9. The molecule has 1 aliphatic carbocycles. The number of nitrogens with two attached hydrogens (primary N) is 1. The van der Waals surface area contributed by atoms with Crippen molar-refractivity contribution in [2.24, 2.45) is 5.14 Å². The fourth-order valence-electron chi connectivity index (χ4n) is 3.13. The first-order chi connectivity index (χ1) is 14.8. The molecule has 10 heteroatoms. The summed E-state index contributed by atoms with van der Waals surface area (Å²) < 4.78 is 24.8. The van der Waals surface area contributed by atoms with Crippen LogP contribution in [0.2, 0.25) is 0 Å². The highest BCUT2D eigenvalue weighted by Crippen LogP contribution is 2.40. The average molecular weight is 458 g/mol. The fraction of sp³-hybridized carbons (Fsp3) is 0.286. The molecule has 0 spiro atoms. The molecule has 31 heavy (non-hydrogen) atoms. The largest absolute Gasteiger partial charge is 0.325 e. The number of primary sulfonamides is 1. The predicted molar refractivity (Wildman–Crippen MR) is 119 cm³/mol. The average Bonchev–Trinajstić information content (AvgIpc) is 3.51. The first kappa shape index (κ1) is 21.5. The number of hydrogen-bond donors (Lipinski definition) is 2. The number of sulfonamides is 1. The van der Waals surface area contributed by atoms with Gasteiger partial charge in [-0.25, -0.2) is 13.6 Å². The van der Waals surface area contributed by atoms with Crippen molar-refractivity contribution < 1.29 is 13.2 Å². The Kier molecular flexibility index (Phi) is 6.12. The molecule has 1 atom stereocenters. The monoisotopic (exact) mass is 457 g/mol. The van der Waals surface area contributed by atoms with Crippen LogP contribution in [0.1, 0.15) is 37.1 Å². The molecule has 0 aliphatic heterocycles. The molecule has 2 aromatic carbocycles. The summed E-state index contributed by atoms with van der Waals surface area (Å²) in [5.41, 5.74) is 1.65. The van der Waals surface area contributed by atoms with Crippen LogP contribution in [0.15, 0.2) is 64.6 Å². The van der Waals surface area contributed by atoms with Gasteiger partial charge in [0.25, 0.3) is 0 Å². The second-order valence-corrected chi connectivity index (χ2v) is 10.4. The third-order valence-electron chi connectivity index (χ3n) is 4.97. The lowest BCUT2D eigenvalue weighted by molar-refractivity contribution is -0.115. The summed E-state index contributed by atoms with van der Waals surface area (Å²) in [5, 5.41) is 16.9. The lowest BCUT2D eigenvalue weighted by Crippen LogP contribution is -2.23. The number of nitrogens with one attached hydrogen (secondary N) is 1. The Morgan fingerprint density at radius 3 is 2.45 bits per heavy atom. The number of amides is 1. The minimum Gasteiger partial charge on any atom is -0.325 e. The minimum atomic E-state index is -3.77. The summed E-state index contributed by atoms with van der Waals surface area (Å²) >= 11 is 1.35. The van der Waals surface area contributed by atoms with Crippen molar-refractivity contribution >= 4 is 33.4 Å². The van der Waals surface area contributed by atoms with E-state index in [2.05, 4.69) is 32.2 Å². The maximum Gasteiger partial charge on any atom is 0.238 e. The van der Waals surface area contributed by atoms with Crippen LogP contribution in [-0.4, -0.2) is 34.3 Å². The van der Waals surface area contributed by atoms with Crippen molar-refractivity contribution in [3.05, 3.63) is 66.0 Å². The molecule has 1 fully saturated rings. The lowest BCUT2D eigenvalue weighted by atomic mass is 10.2. The molecule has 0 saturated heterocycles. The van der Waals surface area contributed by atoms with Gasteiger partial charge in [-0.2, -0.15) is 0 Å². The van der Waals surface area contributed by atoms with Crippen molar-refractivity contribution in [1.82, 2.24) is 14.8 Å². The maximum atomic E-state index is 12.7. The second kappa shape index (κ2) is 8.81. The summed E-state index contributed by atoms with van der Waals surface area (Å²) in [6.07, 6.45) is 2.23. The predicted octanol–water partition coefficient (Wildman–Crippen LogP) is 2.97. The highest BCUT2D eigenvalue weighted by Gasteiger charge is 2.31. The van der Waals surface area contributed by atoms with E-state index in [0.29, 0.717) is 23.3 Å². The number of aromatic nitrogens is 3. The van der Waals surface area contributed by atoms with Crippen LogP contribution in [-0.2, 0) is 21.4 Å². The van der Waals surface area contributed by atoms with E-state index >= 15 is 0 Å². The van der Waals surface area contributed by atoms with E-state index in [9.17, 15) is 13.2 Å². The summed E-state index contributed by atoms with van der Waals surface area (Å²) in [4.78, 5) is 12.7. The van der Waals surface area contributed by atoms with E-state index in [1.807, 2.05) is 18.2 Å². The molecule has 0 unspecified atom stereocenters. The van der Waals surface area contributed by atoms with Gasteiger partial charge in [0, 0.05) is 11.6 Å². The number of benzene rings is 2. The Balaban J connectivity index is 1.46. The molecule has 8 nitrogen and oxygen atoms in total. The quantitative estimate of drug-likeness (QED) is 0.502. The normalized spacial score (nSPS) is 14.9. The Labute approximate surface area is 185 Å². The van der Waals surface area contributed by atoms with Gasteiger partial charge < -0.3 is 9.88 Å². The molecule has 1 aliphatic rings. The van der Waals surface area contributed by atoms with Gasteiger partial charge in [-0.1, -0.05) is 42.1 Å². The molecule has 0 bridgehead atoms. The van der Waals surface area contributed by atoms with Crippen LogP contribution in [0.5, 0.6) is 0 Å². The third-order valence-corrected chi connectivity index (χ3v) is 6.98. The van der Waals surface area contributed by atoms with Gasteiger partial charge in [0.2, 0.25) is 15.9 Å². The number of thioether (sulfide) groups is 1. The van der Waals surface area contributed by atoms with Crippen molar-refractivity contribution in [1.29, 1.82) is 0 Å². The molecular formula is C21H23N5O3S2. The van der Waals surface area contributed by atoms with Crippen molar-refractivity contribution in [2.75, 3.05) is 5.32 Å². The molecule has 1 heterocycles. The summed E-state index contributed by atoms with van der Waals surface area (Å²) in [6, 6.07) is 15.9. The fourth-order valence-corrected chi connectivity index (χ4v) is 4.50. The van der Waals surface area contributed by atoms with Gasteiger partial charge in [-0.05, 0) is 49.6 Å². The number of hydrogen-bond acceptors (Lipinski definition) is 6. The van der Waals surface area contributed by atoms with Gasteiger partial charge in [0.1, 0.15) is 5.82 Å². The zero-order chi connectivity index (χ0) is 22.0. The Morgan fingerprint density at radius 1 is 1.16 bits per heavy atom. The highest BCUT2D eigenvalue weighted by molar-refractivity contribution is 8.00. The SMILES string of the molecule is C[C@@H](Sc1nnc(C2CC2)n1Cc1ccccc1)C(=O)Nc1ccc(S(N)(=O)=O)cc1. The molecule has 1 aromatic heterocycles.